The third-order valence-corrected chi connectivity index (χ3v) is 3.88. The first-order chi connectivity index (χ1) is 10.8. The van der Waals surface area contributed by atoms with E-state index < -0.39 is 23.8 Å². The van der Waals surface area contributed by atoms with Crippen LogP contribution >= 0.6 is 0 Å². The van der Waals surface area contributed by atoms with E-state index in [0.29, 0.717) is 18.8 Å². The van der Waals surface area contributed by atoms with Gasteiger partial charge in [0.1, 0.15) is 11.4 Å². The van der Waals surface area contributed by atoms with Gasteiger partial charge in [-0.3, -0.25) is 19.2 Å². The minimum absolute atomic E-state index is 0.00352. The number of ketones is 2. The minimum atomic E-state index is -0.566. The molecule has 1 aromatic heterocycles. The highest BCUT2D eigenvalue weighted by Crippen LogP contribution is 2.35. The fourth-order valence-electron chi connectivity index (χ4n) is 2.92. The summed E-state index contributed by atoms with van der Waals surface area (Å²) in [6.07, 6.45) is -0.0546. The molecule has 8 heteroatoms. The molecule has 2 heterocycles. The third-order valence-electron chi connectivity index (χ3n) is 3.88. The first kappa shape index (κ1) is 15.1. The second kappa shape index (κ2) is 5.15. The van der Waals surface area contributed by atoms with Crippen molar-refractivity contribution in [1.82, 2.24) is 14.9 Å². The van der Waals surface area contributed by atoms with E-state index in [0.717, 1.165) is 0 Å². The van der Waals surface area contributed by atoms with Crippen LogP contribution in [0.15, 0.2) is 11.3 Å². The molecule has 2 aliphatic rings. The summed E-state index contributed by atoms with van der Waals surface area (Å²) in [5.41, 5.74) is 0.328. The lowest BCUT2D eigenvalue weighted by atomic mass is 9.95. The average molecular weight is 317 g/mol. The van der Waals surface area contributed by atoms with Crippen LogP contribution in [0.3, 0.4) is 0 Å². The van der Waals surface area contributed by atoms with Crippen molar-refractivity contribution in [3.05, 3.63) is 28.5 Å². The molecule has 0 bridgehead atoms. The third kappa shape index (κ3) is 2.26. The van der Waals surface area contributed by atoms with Crippen molar-refractivity contribution in [2.75, 3.05) is 0 Å². The van der Waals surface area contributed by atoms with Crippen LogP contribution in [0, 0.1) is 0 Å². The largest absolute Gasteiger partial charge is 0.454 e. The number of nitrogens with zero attached hydrogens (tertiary/aromatic N) is 2. The molecule has 8 nitrogen and oxygen atoms in total. The molecule has 1 aliphatic carbocycles. The van der Waals surface area contributed by atoms with Gasteiger partial charge in [-0.2, -0.15) is 0 Å². The normalized spacial score (nSPS) is 19.5. The number of nitrogens with one attached hydrogen (secondary N) is 1. The van der Waals surface area contributed by atoms with Crippen molar-refractivity contribution in [3.63, 3.8) is 0 Å². The Labute approximate surface area is 131 Å². The predicted molar refractivity (Wildman–Crippen MR) is 76.5 cm³/mol. The first-order valence-corrected chi connectivity index (χ1v) is 7.16. The molecule has 1 atom stereocenters. The molecule has 0 fully saturated rings. The Hall–Kier alpha value is -2.77. The lowest BCUT2D eigenvalue weighted by Crippen LogP contribution is -2.33. The lowest BCUT2D eigenvalue weighted by Gasteiger charge is -2.16. The summed E-state index contributed by atoms with van der Waals surface area (Å²) in [7, 11) is 0. The first-order valence-electron chi connectivity index (χ1n) is 7.16. The summed E-state index contributed by atoms with van der Waals surface area (Å²) in [6.45, 7) is 4.49. The number of allylic oxidation sites excluding steroid dienone is 2. The molecular weight excluding hydrogens is 302 g/mol. The molecule has 1 aliphatic heterocycles. The molecule has 3 rings (SSSR count). The number of imidazole rings is 1. The van der Waals surface area contributed by atoms with Crippen molar-refractivity contribution in [3.8, 4) is 0 Å². The maximum Gasteiger partial charge on any atom is 0.303 e. The van der Waals surface area contributed by atoms with Gasteiger partial charge in [0.15, 0.2) is 11.9 Å². The van der Waals surface area contributed by atoms with Gasteiger partial charge in [-0.15, -0.1) is 0 Å². The van der Waals surface area contributed by atoms with Crippen LogP contribution in [0.1, 0.15) is 60.1 Å². The molecule has 0 spiro atoms. The SMILES string of the molecule is CC(=O)NC1=C(C)C(=O)c2c(nc3n2CC[C@H]3OC(C)=O)C1=O. The van der Waals surface area contributed by atoms with Crippen LogP contribution in [0.5, 0.6) is 0 Å². The number of esters is 1. The van der Waals surface area contributed by atoms with Gasteiger partial charge < -0.3 is 14.6 Å². The molecule has 23 heavy (non-hydrogen) atoms. The van der Waals surface area contributed by atoms with E-state index in [-0.39, 0.29) is 28.4 Å². The van der Waals surface area contributed by atoms with Gasteiger partial charge in [0.2, 0.25) is 17.5 Å². The molecule has 0 saturated carbocycles. The molecule has 0 radical (unpaired) electrons. The number of hydrogen-bond acceptors (Lipinski definition) is 6. The van der Waals surface area contributed by atoms with Crippen LogP contribution in [0.2, 0.25) is 0 Å². The quantitative estimate of drug-likeness (QED) is 0.804. The van der Waals surface area contributed by atoms with Crippen molar-refractivity contribution in [2.24, 2.45) is 0 Å². The van der Waals surface area contributed by atoms with Crippen LogP contribution in [0.25, 0.3) is 0 Å². The fraction of sp³-hybridized carbons (Fsp3) is 0.400. The number of hydrogen-bond donors (Lipinski definition) is 1. The van der Waals surface area contributed by atoms with Crippen molar-refractivity contribution < 1.29 is 23.9 Å². The predicted octanol–water partition coefficient (Wildman–Crippen LogP) is 0.680. The summed E-state index contributed by atoms with van der Waals surface area (Å²) in [4.78, 5) is 51.7. The summed E-state index contributed by atoms with van der Waals surface area (Å²) in [6, 6.07) is 0. The zero-order chi connectivity index (χ0) is 16.9. The van der Waals surface area contributed by atoms with Gasteiger partial charge in [0.05, 0.1) is 5.70 Å². The number of carbonyl (C=O) groups is 4. The summed E-state index contributed by atoms with van der Waals surface area (Å²) in [5, 5.41) is 2.40. The number of carbonyl (C=O) groups excluding carboxylic acids is 4. The van der Waals surface area contributed by atoms with E-state index in [1.165, 1.54) is 20.8 Å². The Balaban J connectivity index is 2.07. The second-order valence-corrected chi connectivity index (χ2v) is 5.55. The molecule has 120 valence electrons. The van der Waals surface area contributed by atoms with E-state index in [1.54, 1.807) is 4.57 Å². The van der Waals surface area contributed by atoms with E-state index in [1.807, 2.05) is 0 Å². The zero-order valence-electron chi connectivity index (χ0n) is 12.9. The fourth-order valence-corrected chi connectivity index (χ4v) is 2.92. The molecule has 0 unspecified atom stereocenters. The van der Waals surface area contributed by atoms with Gasteiger partial charge in [-0.25, -0.2) is 4.98 Å². The van der Waals surface area contributed by atoms with Crippen LogP contribution in [0.4, 0.5) is 0 Å². The number of rotatable bonds is 2. The number of Topliss-reactive ketones (excluding diaryl/α,β-unsaturated/α-hetero) is 2. The Bertz CT molecular complexity index is 802. The minimum Gasteiger partial charge on any atom is -0.454 e. The Morgan fingerprint density at radius 1 is 1.26 bits per heavy atom. The summed E-state index contributed by atoms with van der Waals surface area (Å²) >= 11 is 0. The molecule has 1 amide bonds. The van der Waals surface area contributed by atoms with E-state index in [2.05, 4.69) is 10.3 Å². The standard InChI is InChI=1S/C15H15N3O5/c1-6-10(16-7(2)19)14(22)11-12(13(6)21)18-5-4-9(15(18)17-11)23-8(3)20/h9H,4-5H2,1-3H3,(H,16,19)/t9-/m1/s1. The van der Waals surface area contributed by atoms with Crippen molar-refractivity contribution in [2.45, 2.75) is 39.8 Å². The van der Waals surface area contributed by atoms with E-state index in [4.69, 9.17) is 4.74 Å². The highest BCUT2D eigenvalue weighted by molar-refractivity contribution is 6.26. The Kier molecular flexibility index (Phi) is 3.39. The summed E-state index contributed by atoms with van der Waals surface area (Å²) < 4.78 is 6.80. The van der Waals surface area contributed by atoms with Crippen molar-refractivity contribution in [1.29, 1.82) is 0 Å². The maximum absolute atomic E-state index is 12.6. The number of amides is 1. The average Bonchev–Trinajstić information content (AvgIpc) is 3.01. The van der Waals surface area contributed by atoms with Gasteiger partial charge in [-0.05, 0) is 6.92 Å². The molecule has 1 N–H and O–H groups in total. The van der Waals surface area contributed by atoms with Crippen LogP contribution in [-0.4, -0.2) is 33.0 Å². The number of fused-ring (bicyclic) bond motifs is 3. The number of aromatic nitrogens is 2. The Morgan fingerprint density at radius 2 is 1.96 bits per heavy atom. The van der Waals surface area contributed by atoms with Gasteiger partial charge in [-0.1, -0.05) is 0 Å². The summed E-state index contributed by atoms with van der Waals surface area (Å²) in [5.74, 6) is -1.35. The molecule has 0 saturated heterocycles. The van der Waals surface area contributed by atoms with Crippen molar-refractivity contribution >= 4 is 23.4 Å². The topological polar surface area (TPSA) is 107 Å². The zero-order valence-corrected chi connectivity index (χ0v) is 12.9. The second-order valence-electron chi connectivity index (χ2n) is 5.55. The monoisotopic (exact) mass is 317 g/mol. The van der Waals surface area contributed by atoms with E-state index >= 15 is 0 Å². The maximum atomic E-state index is 12.6. The lowest BCUT2D eigenvalue weighted by molar-refractivity contribution is -0.146. The highest BCUT2D eigenvalue weighted by Gasteiger charge is 2.40. The molecule has 1 aromatic rings. The van der Waals surface area contributed by atoms with Gasteiger partial charge in [0.25, 0.3) is 0 Å². The van der Waals surface area contributed by atoms with Gasteiger partial charge >= 0.3 is 5.97 Å². The van der Waals surface area contributed by atoms with E-state index in [9.17, 15) is 19.2 Å². The highest BCUT2D eigenvalue weighted by atomic mass is 16.5. The Morgan fingerprint density at radius 3 is 2.57 bits per heavy atom. The molecule has 0 aromatic carbocycles. The van der Waals surface area contributed by atoms with Crippen LogP contribution < -0.4 is 5.32 Å². The van der Waals surface area contributed by atoms with Gasteiger partial charge in [0, 0.05) is 32.4 Å². The molecular formula is C15H15N3O5. The smallest absolute Gasteiger partial charge is 0.303 e. The number of ether oxygens (including phenoxy) is 1. The van der Waals surface area contributed by atoms with Crippen LogP contribution in [-0.2, 0) is 20.9 Å².